The summed E-state index contributed by atoms with van der Waals surface area (Å²) in [6, 6.07) is 4.77. The first-order chi connectivity index (χ1) is 15.8. The first-order valence-corrected chi connectivity index (χ1v) is 12.0. The SMILES string of the molecule is CC(C)n1c(=O)n(-c2cc(OC(F)F)ncc2F)c2ccc(C(=O)NC3(C)CS(=O)(=O)C3)cc21. The molecule has 1 N–H and O–H groups in total. The van der Waals surface area contributed by atoms with Gasteiger partial charge in [-0.3, -0.25) is 13.9 Å². The molecule has 1 aliphatic heterocycles. The molecule has 3 aromatic rings. The number of hydrogen-bond acceptors (Lipinski definition) is 6. The number of carbonyl (C=O) groups is 1. The van der Waals surface area contributed by atoms with E-state index in [0.717, 1.165) is 10.6 Å². The minimum absolute atomic E-state index is 0.168. The highest BCUT2D eigenvalue weighted by molar-refractivity contribution is 7.93. The molecule has 1 aromatic carbocycles. The minimum Gasteiger partial charge on any atom is -0.417 e. The third kappa shape index (κ3) is 4.27. The number of carbonyl (C=O) groups excluding carboxylic acids is 1. The highest BCUT2D eigenvalue weighted by atomic mass is 32.2. The van der Waals surface area contributed by atoms with Crippen molar-refractivity contribution in [2.75, 3.05) is 11.5 Å². The van der Waals surface area contributed by atoms with Crippen LogP contribution in [0.3, 0.4) is 0 Å². The van der Waals surface area contributed by atoms with Crippen molar-refractivity contribution in [1.82, 2.24) is 19.4 Å². The fourth-order valence-electron chi connectivity index (χ4n) is 4.18. The quantitative estimate of drug-likeness (QED) is 0.559. The number of nitrogens with one attached hydrogen (secondary N) is 1. The number of pyridine rings is 1. The Morgan fingerprint density at radius 3 is 2.47 bits per heavy atom. The van der Waals surface area contributed by atoms with Crippen molar-refractivity contribution < 1.29 is 31.1 Å². The Morgan fingerprint density at radius 1 is 1.21 bits per heavy atom. The van der Waals surface area contributed by atoms with Crippen molar-refractivity contribution in [1.29, 1.82) is 0 Å². The van der Waals surface area contributed by atoms with Gasteiger partial charge in [-0.1, -0.05) is 0 Å². The molecule has 0 unspecified atom stereocenters. The van der Waals surface area contributed by atoms with Gasteiger partial charge in [0.1, 0.15) is 0 Å². The van der Waals surface area contributed by atoms with Crippen LogP contribution in [0.2, 0.25) is 0 Å². The lowest BCUT2D eigenvalue weighted by molar-refractivity contribution is -0.0529. The molecule has 0 radical (unpaired) electrons. The smallest absolute Gasteiger partial charge is 0.388 e. The number of benzene rings is 1. The van der Waals surface area contributed by atoms with Gasteiger partial charge < -0.3 is 10.1 Å². The summed E-state index contributed by atoms with van der Waals surface area (Å²) in [4.78, 5) is 29.5. The lowest BCUT2D eigenvalue weighted by Crippen LogP contribution is -2.63. The lowest BCUT2D eigenvalue weighted by atomic mass is 10.1. The number of rotatable bonds is 6. The number of nitrogens with zero attached hydrogens (tertiary/aromatic N) is 3. The zero-order chi connectivity index (χ0) is 25.0. The van der Waals surface area contributed by atoms with Crippen LogP contribution >= 0.6 is 0 Å². The highest BCUT2D eigenvalue weighted by Gasteiger charge is 2.45. The number of alkyl halides is 2. The zero-order valence-corrected chi connectivity index (χ0v) is 19.2. The Hall–Kier alpha value is -3.35. The van der Waals surface area contributed by atoms with E-state index in [1.165, 1.54) is 22.8 Å². The molecule has 2 aromatic heterocycles. The molecule has 0 saturated carbocycles. The first kappa shape index (κ1) is 23.8. The van der Waals surface area contributed by atoms with Gasteiger partial charge in [0, 0.05) is 17.7 Å². The fourth-order valence-corrected chi connectivity index (χ4v) is 6.18. The summed E-state index contributed by atoms with van der Waals surface area (Å²) in [5.41, 5.74) is -1.21. The molecule has 0 atom stereocenters. The summed E-state index contributed by atoms with van der Waals surface area (Å²) in [5, 5.41) is 2.70. The molecule has 0 spiro atoms. The lowest BCUT2D eigenvalue weighted by Gasteiger charge is -2.38. The predicted molar refractivity (Wildman–Crippen MR) is 117 cm³/mol. The fraction of sp³-hybridized carbons (Fsp3) is 0.381. The molecule has 9 nitrogen and oxygen atoms in total. The van der Waals surface area contributed by atoms with Crippen LogP contribution in [0.5, 0.6) is 5.88 Å². The number of halogens is 3. The number of sulfone groups is 1. The third-order valence-electron chi connectivity index (χ3n) is 5.40. The Bertz CT molecular complexity index is 1450. The van der Waals surface area contributed by atoms with Crippen LogP contribution in [-0.4, -0.2) is 52.1 Å². The topological polar surface area (TPSA) is 112 Å². The van der Waals surface area contributed by atoms with Crippen molar-refractivity contribution in [2.45, 2.75) is 39.0 Å². The maximum absolute atomic E-state index is 14.6. The molecule has 1 saturated heterocycles. The monoisotopic (exact) mass is 498 g/mol. The van der Waals surface area contributed by atoms with Gasteiger partial charge >= 0.3 is 12.3 Å². The molecule has 1 fully saturated rings. The molecule has 1 aliphatic rings. The Kier molecular flexibility index (Phi) is 5.70. The van der Waals surface area contributed by atoms with Gasteiger partial charge in [-0.25, -0.2) is 22.6 Å². The maximum atomic E-state index is 14.6. The van der Waals surface area contributed by atoms with Crippen LogP contribution in [-0.2, 0) is 9.84 Å². The van der Waals surface area contributed by atoms with Gasteiger partial charge in [-0.15, -0.1) is 0 Å². The zero-order valence-electron chi connectivity index (χ0n) is 18.4. The van der Waals surface area contributed by atoms with Gasteiger partial charge in [0.25, 0.3) is 5.91 Å². The van der Waals surface area contributed by atoms with Crippen LogP contribution < -0.4 is 15.7 Å². The van der Waals surface area contributed by atoms with E-state index in [2.05, 4.69) is 15.0 Å². The second-order valence-electron chi connectivity index (χ2n) is 8.68. The van der Waals surface area contributed by atoms with E-state index in [-0.39, 0.29) is 28.3 Å². The summed E-state index contributed by atoms with van der Waals surface area (Å²) in [6.45, 7) is 1.86. The molecule has 3 heterocycles. The number of ether oxygens (including phenoxy) is 1. The van der Waals surface area contributed by atoms with Gasteiger partial charge in [-0.05, 0) is 39.0 Å². The third-order valence-corrected chi connectivity index (χ3v) is 7.56. The number of imidazole rings is 1. The number of hydrogen-bond donors (Lipinski definition) is 1. The first-order valence-electron chi connectivity index (χ1n) is 10.2. The van der Waals surface area contributed by atoms with Crippen molar-refractivity contribution in [3.8, 4) is 11.6 Å². The van der Waals surface area contributed by atoms with Crippen molar-refractivity contribution >= 4 is 26.8 Å². The molecular weight excluding hydrogens is 477 g/mol. The average molecular weight is 498 g/mol. The van der Waals surface area contributed by atoms with Crippen LogP contribution in [0.4, 0.5) is 13.2 Å². The summed E-state index contributed by atoms with van der Waals surface area (Å²) in [6.07, 6.45) is 0.674. The van der Waals surface area contributed by atoms with E-state index < -0.39 is 51.3 Å². The normalized spacial score (nSPS) is 16.6. The second-order valence-corrected chi connectivity index (χ2v) is 10.7. The largest absolute Gasteiger partial charge is 0.417 e. The molecule has 34 heavy (non-hydrogen) atoms. The van der Waals surface area contributed by atoms with Crippen LogP contribution in [0.15, 0.2) is 35.3 Å². The van der Waals surface area contributed by atoms with Gasteiger partial charge in [0.2, 0.25) is 5.88 Å². The standard InChI is InChI=1S/C21H21F3N4O5S/c1-11(2)27-16-6-12(18(29)26-21(3)9-34(31,32)10-21)4-5-14(16)28(20(27)30)15-7-17(33-19(23)24)25-8-13(15)22/h4-8,11,19H,9-10H2,1-3H3,(H,26,29). The van der Waals surface area contributed by atoms with E-state index in [0.29, 0.717) is 11.7 Å². The summed E-state index contributed by atoms with van der Waals surface area (Å²) in [5.74, 6) is -2.38. The second kappa shape index (κ2) is 8.15. The Labute approximate surface area is 192 Å². The van der Waals surface area contributed by atoms with E-state index in [1.54, 1.807) is 20.8 Å². The number of amides is 1. The molecule has 0 aliphatic carbocycles. The van der Waals surface area contributed by atoms with Gasteiger partial charge in [-0.2, -0.15) is 8.78 Å². The molecule has 0 bridgehead atoms. The summed E-state index contributed by atoms with van der Waals surface area (Å²) < 4.78 is 69.4. The molecule has 182 valence electrons. The summed E-state index contributed by atoms with van der Waals surface area (Å²) in [7, 11) is -3.18. The predicted octanol–water partition coefficient (Wildman–Crippen LogP) is 2.43. The van der Waals surface area contributed by atoms with E-state index in [4.69, 9.17) is 0 Å². The van der Waals surface area contributed by atoms with Crippen LogP contribution in [0.1, 0.15) is 37.2 Å². The molecule has 4 rings (SSSR count). The molecular formula is C21H21F3N4O5S. The van der Waals surface area contributed by atoms with E-state index >= 15 is 0 Å². The number of fused-ring (bicyclic) bond motifs is 1. The van der Waals surface area contributed by atoms with Crippen molar-refractivity contribution in [2.24, 2.45) is 0 Å². The molecule has 1 amide bonds. The Balaban J connectivity index is 1.81. The number of aromatic nitrogens is 3. The van der Waals surface area contributed by atoms with Crippen molar-refractivity contribution in [3.63, 3.8) is 0 Å². The molecule has 13 heteroatoms. The van der Waals surface area contributed by atoms with Crippen LogP contribution in [0.25, 0.3) is 16.7 Å². The van der Waals surface area contributed by atoms with Crippen molar-refractivity contribution in [3.05, 3.63) is 52.3 Å². The van der Waals surface area contributed by atoms with E-state index in [9.17, 15) is 31.2 Å². The van der Waals surface area contributed by atoms with Gasteiger partial charge in [0.05, 0.1) is 40.0 Å². The van der Waals surface area contributed by atoms with Gasteiger partial charge in [0.15, 0.2) is 15.7 Å². The average Bonchev–Trinajstić information content (AvgIpc) is 2.98. The van der Waals surface area contributed by atoms with E-state index in [1.807, 2.05) is 0 Å². The Morgan fingerprint density at radius 2 is 1.88 bits per heavy atom. The highest BCUT2D eigenvalue weighted by Crippen LogP contribution is 2.27. The summed E-state index contributed by atoms with van der Waals surface area (Å²) >= 11 is 0. The van der Waals surface area contributed by atoms with Crippen LogP contribution in [0, 0.1) is 5.82 Å². The minimum atomic E-state index is -3.19. The maximum Gasteiger partial charge on any atom is 0.388 e.